The molecule has 26 heavy (non-hydrogen) atoms. The van der Waals surface area contributed by atoms with E-state index in [9.17, 15) is 9.59 Å². The van der Waals surface area contributed by atoms with Gasteiger partial charge >= 0.3 is 5.97 Å². The average molecular weight is 360 g/mol. The molecule has 0 aromatic rings. The van der Waals surface area contributed by atoms with Gasteiger partial charge in [0.25, 0.3) is 0 Å². The number of carbonyl (C=O) groups excluding carboxylic acids is 2. The summed E-state index contributed by atoms with van der Waals surface area (Å²) in [4.78, 5) is 24.2. The van der Waals surface area contributed by atoms with Gasteiger partial charge in [-0.2, -0.15) is 0 Å². The van der Waals surface area contributed by atoms with E-state index < -0.39 is 0 Å². The first kappa shape index (κ1) is 18.2. The van der Waals surface area contributed by atoms with Crippen molar-refractivity contribution >= 4 is 11.8 Å². The number of allylic oxidation sites excluding steroid dienone is 1. The smallest absolute Gasteiger partial charge is 0.308 e. The number of aliphatic hydroxyl groups is 1. The van der Waals surface area contributed by atoms with Gasteiger partial charge in [0.15, 0.2) is 0 Å². The maximum Gasteiger partial charge on any atom is 0.308 e. The summed E-state index contributed by atoms with van der Waals surface area (Å²) in [6.45, 7) is 4.50. The van der Waals surface area contributed by atoms with Crippen LogP contribution in [0.25, 0.3) is 0 Å². The molecule has 0 saturated heterocycles. The van der Waals surface area contributed by atoms with Gasteiger partial charge in [-0.1, -0.05) is 25.5 Å². The van der Waals surface area contributed by atoms with Gasteiger partial charge in [-0.15, -0.1) is 0 Å². The first-order chi connectivity index (χ1) is 12.4. The van der Waals surface area contributed by atoms with E-state index in [-0.39, 0.29) is 35.9 Å². The number of ketones is 1. The highest BCUT2D eigenvalue weighted by atomic mass is 16.5. The van der Waals surface area contributed by atoms with Crippen LogP contribution in [0, 0.1) is 28.6 Å². The van der Waals surface area contributed by atoms with Crippen LogP contribution in [-0.2, 0) is 14.3 Å². The van der Waals surface area contributed by atoms with Crippen LogP contribution in [0.4, 0.5) is 0 Å². The summed E-state index contributed by atoms with van der Waals surface area (Å²) in [6, 6.07) is 0. The molecule has 3 saturated carbocycles. The van der Waals surface area contributed by atoms with Crippen LogP contribution in [0.5, 0.6) is 0 Å². The molecule has 4 aliphatic rings. The van der Waals surface area contributed by atoms with Crippen LogP contribution in [0.3, 0.4) is 0 Å². The third kappa shape index (κ3) is 2.67. The molecular formula is C22H32O4. The normalized spacial score (nSPS) is 44.6. The lowest BCUT2D eigenvalue weighted by Crippen LogP contribution is -2.50. The highest BCUT2D eigenvalue weighted by Crippen LogP contribution is 2.64. The molecule has 4 aliphatic carbocycles. The maximum absolute atomic E-state index is 12.5. The molecule has 0 aromatic carbocycles. The molecule has 3 fully saturated rings. The molecule has 4 nitrogen and oxygen atoms in total. The molecule has 0 radical (unpaired) electrons. The van der Waals surface area contributed by atoms with Gasteiger partial charge in [0, 0.05) is 18.3 Å². The zero-order chi connectivity index (χ0) is 18.5. The Morgan fingerprint density at radius 1 is 1.19 bits per heavy atom. The van der Waals surface area contributed by atoms with Crippen LogP contribution in [0.1, 0.15) is 71.6 Å². The Morgan fingerprint density at radius 2 is 1.92 bits per heavy atom. The van der Waals surface area contributed by atoms with E-state index in [2.05, 4.69) is 19.9 Å². The first-order valence-corrected chi connectivity index (χ1v) is 10.4. The second-order valence-electron chi connectivity index (χ2n) is 9.51. The van der Waals surface area contributed by atoms with Crippen LogP contribution in [-0.4, -0.2) is 29.6 Å². The quantitative estimate of drug-likeness (QED) is 0.614. The van der Waals surface area contributed by atoms with Crippen molar-refractivity contribution < 1.29 is 19.4 Å². The van der Waals surface area contributed by atoms with Crippen molar-refractivity contribution in [3.63, 3.8) is 0 Å². The van der Waals surface area contributed by atoms with Crippen LogP contribution in [0.15, 0.2) is 11.6 Å². The number of hydrogen-bond acceptors (Lipinski definition) is 4. The van der Waals surface area contributed by atoms with Gasteiger partial charge < -0.3 is 9.84 Å². The summed E-state index contributed by atoms with van der Waals surface area (Å²) in [5.74, 6) is 2.08. The van der Waals surface area contributed by atoms with Crippen LogP contribution in [0.2, 0.25) is 0 Å². The van der Waals surface area contributed by atoms with Gasteiger partial charge in [0.05, 0.1) is 13.0 Å². The third-order valence-corrected chi connectivity index (χ3v) is 8.38. The fourth-order valence-corrected chi connectivity index (χ4v) is 6.84. The average Bonchev–Trinajstić information content (AvgIpc) is 2.91. The van der Waals surface area contributed by atoms with Crippen LogP contribution < -0.4 is 0 Å². The van der Waals surface area contributed by atoms with E-state index in [1.165, 1.54) is 5.57 Å². The zero-order valence-electron chi connectivity index (χ0n) is 16.1. The lowest BCUT2D eigenvalue weighted by molar-refractivity contribution is -0.152. The van der Waals surface area contributed by atoms with Crippen molar-refractivity contribution in [1.82, 2.24) is 0 Å². The van der Waals surface area contributed by atoms with Gasteiger partial charge in [-0.25, -0.2) is 0 Å². The number of aliphatic hydroxyl groups excluding tert-OH is 1. The number of carbonyl (C=O) groups is 2. The molecule has 0 aliphatic heterocycles. The van der Waals surface area contributed by atoms with Gasteiger partial charge in [-0.3, -0.25) is 9.59 Å². The summed E-state index contributed by atoms with van der Waals surface area (Å²) in [5.41, 5.74) is 1.61. The van der Waals surface area contributed by atoms with E-state index >= 15 is 0 Å². The fourth-order valence-electron chi connectivity index (χ4n) is 6.84. The summed E-state index contributed by atoms with van der Waals surface area (Å²) in [6.07, 6.45) is 10.4. The minimum atomic E-state index is -0.284. The highest BCUT2D eigenvalue weighted by molar-refractivity contribution is 5.87. The maximum atomic E-state index is 12.5. The minimum absolute atomic E-state index is 0.0353. The molecule has 3 unspecified atom stereocenters. The Hall–Kier alpha value is -1.16. The van der Waals surface area contributed by atoms with E-state index in [1.54, 1.807) is 0 Å². The van der Waals surface area contributed by atoms with Crippen molar-refractivity contribution in [3.8, 4) is 0 Å². The fraction of sp³-hybridized carbons (Fsp3) is 0.818. The summed E-state index contributed by atoms with van der Waals surface area (Å²) in [5, 5.41) is 8.90. The Kier molecular flexibility index (Phi) is 4.53. The standard InChI is InChI=1S/C22H32O4/c1-21-10-7-15(26-20(25)9-12-23)13-14(21)3-4-16-17-5-6-19(24)22(17,2)11-8-18(16)21/h3,15-18,23H,4-13H2,1-2H3/t15-,16?,17?,18?,21+,22+/m1/s1. The number of fused-ring (bicyclic) bond motifs is 5. The summed E-state index contributed by atoms with van der Waals surface area (Å²) in [7, 11) is 0. The number of hydrogen-bond donors (Lipinski definition) is 1. The molecule has 6 atom stereocenters. The summed E-state index contributed by atoms with van der Waals surface area (Å²) >= 11 is 0. The molecule has 0 aromatic heterocycles. The van der Waals surface area contributed by atoms with E-state index in [0.717, 1.165) is 51.4 Å². The largest absolute Gasteiger partial charge is 0.462 e. The van der Waals surface area contributed by atoms with E-state index in [0.29, 0.717) is 23.5 Å². The molecule has 0 amide bonds. The molecular weight excluding hydrogens is 328 g/mol. The lowest BCUT2D eigenvalue weighted by atomic mass is 9.48. The molecule has 144 valence electrons. The summed E-state index contributed by atoms with van der Waals surface area (Å²) < 4.78 is 5.58. The molecule has 0 heterocycles. The Bertz CT molecular complexity index is 638. The van der Waals surface area contributed by atoms with Crippen molar-refractivity contribution in [1.29, 1.82) is 0 Å². The molecule has 4 heteroatoms. The van der Waals surface area contributed by atoms with Crippen molar-refractivity contribution in [2.24, 2.45) is 28.6 Å². The second-order valence-corrected chi connectivity index (χ2v) is 9.51. The van der Waals surface area contributed by atoms with Crippen molar-refractivity contribution in [3.05, 3.63) is 11.6 Å². The predicted molar refractivity (Wildman–Crippen MR) is 98.3 cm³/mol. The Labute approximate surface area is 156 Å². The number of rotatable bonds is 3. The number of ether oxygens (including phenoxy) is 1. The van der Waals surface area contributed by atoms with E-state index in [4.69, 9.17) is 9.84 Å². The molecule has 0 spiro atoms. The predicted octanol–water partition coefficient (Wildman–Crippen LogP) is 3.81. The SMILES string of the molecule is C[C@]12CC[C@@H](OC(=O)CCO)CC1=CCC1C2CC[C@]2(C)C(=O)CCC12. The Balaban J connectivity index is 1.52. The number of Topliss-reactive ketones (excluding diaryl/α,β-unsaturated/α-hetero) is 1. The number of esters is 1. The second kappa shape index (κ2) is 6.47. The monoisotopic (exact) mass is 360 g/mol. The molecule has 0 bridgehead atoms. The van der Waals surface area contributed by atoms with Gasteiger partial charge in [0.2, 0.25) is 0 Å². The van der Waals surface area contributed by atoms with Crippen LogP contribution >= 0.6 is 0 Å². The highest BCUT2D eigenvalue weighted by Gasteiger charge is 2.58. The zero-order valence-corrected chi connectivity index (χ0v) is 16.1. The Morgan fingerprint density at radius 3 is 2.69 bits per heavy atom. The lowest BCUT2D eigenvalue weighted by Gasteiger charge is -2.56. The molecule has 1 N–H and O–H groups in total. The van der Waals surface area contributed by atoms with Crippen molar-refractivity contribution in [2.45, 2.75) is 77.7 Å². The van der Waals surface area contributed by atoms with E-state index in [1.807, 2.05) is 0 Å². The first-order valence-electron chi connectivity index (χ1n) is 10.4. The van der Waals surface area contributed by atoms with Gasteiger partial charge in [-0.05, 0) is 61.7 Å². The third-order valence-electron chi connectivity index (χ3n) is 8.38. The minimum Gasteiger partial charge on any atom is -0.462 e. The van der Waals surface area contributed by atoms with Crippen molar-refractivity contribution in [2.75, 3.05) is 6.61 Å². The van der Waals surface area contributed by atoms with Gasteiger partial charge in [0.1, 0.15) is 11.9 Å². The topological polar surface area (TPSA) is 63.6 Å². The molecule has 4 rings (SSSR count).